The van der Waals surface area contributed by atoms with Gasteiger partial charge in [0.05, 0.1) is 11.8 Å². The van der Waals surface area contributed by atoms with Gasteiger partial charge in [-0.3, -0.25) is 9.36 Å². The molecule has 6 heteroatoms. The van der Waals surface area contributed by atoms with Gasteiger partial charge < -0.3 is 5.11 Å². The van der Waals surface area contributed by atoms with E-state index in [0.29, 0.717) is 17.3 Å². The summed E-state index contributed by atoms with van der Waals surface area (Å²) in [5.74, 6) is -0.307. The van der Waals surface area contributed by atoms with Gasteiger partial charge in [-0.15, -0.1) is 0 Å². The van der Waals surface area contributed by atoms with Gasteiger partial charge in [-0.2, -0.15) is 0 Å². The Labute approximate surface area is 120 Å². The molecule has 0 atom stereocenters. The van der Waals surface area contributed by atoms with Crippen LogP contribution in [0.2, 0.25) is 5.02 Å². The third-order valence-corrected chi connectivity index (χ3v) is 3.24. The van der Waals surface area contributed by atoms with Crippen LogP contribution in [0.5, 0.6) is 5.88 Å². The smallest absolute Gasteiger partial charge is 0.338 e. The Morgan fingerprint density at radius 3 is 2.45 bits per heavy atom. The number of aromatic nitrogens is 2. The zero-order valence-electron chi connectivity index (χ0n) is 11.0. The highest BCUT2D eigenvalue weighted by atomic mass is 35.5. The standard InChI is InChI=1S/C14H15ClN2O3/c1-2-3-8-16-12(18)9-13(19)17(14(16)20)11-6-4-10(15)5-7-11/h4-7,9,18H,2-3,8H2,1H3. The fourth-order valence-corrected chi connectivity index (χ4v) is 2.05. The predicted octanol–water partition coefficient (Wildman–Crippen LogP) is 2.16. The number of halogens is 1. The second-order valence-corrected chi connectivity index (χ2v) is 4.88. The van der Waals surface area contributed by atoms with Gasteiger partial charge in [-0.1, -0.05) is 24.9 Å². The van der Waals surface area contributed by atoms with E-state index in [-0.39, 0.29) is 5.88 Å². The molecule has 0 aliphatic carbocycles. The van der Waals surface area contributed by atoms with E-state index in [1.165, 1.54) is 4.57 Å². The first-order chi connectivity index (χ1) is 9.54. The maximum atomic E-state index is 12.3. The number of aromatic hydroxyl groups is 1. The van der Waals surface area contributed by atoms with E-state index in [2.05, 4.69) is 0 Å². The van der Waals surface area contributed by atoms with Crippen LogP contribution in [-0.4, -0.2) is 14.2 Å². The maximum absolute atomic E-state index is 12.3. The van der Waals surface area contributed by atoms with Gasteiger partial charge in [0.2, 0.25) is 5.88 Å². The number of hydrogen-bond acceptors (Lipinski definition) is 3. The Kier molecular flexibility index (Phi) is 4.29. The molecule has 1 aromatic heterocycles. The molecule has 2 aromatic rings. The van der Waals surface area contributed by atoms with Crippen molar-refractivity contribution in [3.05, 3.63) is 56.2 Å². The quantitative estimate of drug-likeness (QED) is 0.940. The normalized spacial score (nSPS) is 10.7. The Morgan fingerprint density at radius 2 is 1.85 bits per heavy atom. The molecule has 0 aliphatic rings. The Hall–Kier alpha value is -2.01. The van der Waals surface area contributed by atoms with E-state index < -0.39 is 11.2 Å². The van der Waals surface area contributed by atoms with Crippen LogP contribution < -0.4 is 11.2 Å². The first-order valence-electron chi connectivity index (χ1n) is 6.36. The number of unbranched alkanes of at least 4 members (excludes halogenated alkanes) is 1. The molecule has 0 fully saturated rings. The lowest BCUT2D eigenvalue weighted by molar-refractivity contribution is 0.391. The highest BCUT2D eigenvalue weighted by molar-refractivity contribution is 6.30. The van der Waals surface area contributed by atoms with Crippen molar-refractivity contribution in [2.45, 2.75) is 26.3 Å². The zero-order valence-corrected chi connectivity index (χ0v) is 11.8. The molecule has 0 spiro atoms. The molecule has 1 N–H and O–H groups in total. The molecule has 106 valence electrons. The fraction of sp³-hybridized carbons (Fsp3) is 0.286. The van der Waals surface area contributed by atoms with Gasteiger partial charge in [-0.05, 0) is 30.7 Å². The second kappa shape index (κ2) is 5.96. The van der Waals surface area contributed by atoms with Gasteiger partial charge in [-0.25, -0.2) is 9.36 Å². The minimum atomic E-state index is -0.567. The fourth-order valence-electron chi connectivity index (χ4n) is 1.92. The molecule has 0 unspecified atom stereocenters. The summed E-state index contributed by atoms with van der Waals surface area (Å²) in [4.78, 5) is 24.3. The molecular formula is C14H15ClN2O3. The van der Waals surface area contributed by atoms with Gasteiger partial charge in [0, 0.05) is 11.6 Å². The van der Waals surface area contributed by atoms with Crippen molar-refractivity contribution in [1.82, 2.24) is 9.13 Å². The molecule has 0 bridgehead atoms. The third-order valence-electron chi connectivity index (χ3n) is 2.99. The average Bonchev–Trinajstić information content (AvgIpc) is 2.40. The van der Waals surface area contributed by atoms with Crippen molar-refractivity contribution in [2.75, 3.05) is 0 Å². The molecule has 5 nitrogen and oxygen atoms in total. The van der Waals surface area contributed by atoms with Crippen molar-refractivity contribution in [3.8, 4) is 11.6 Å². The summed E-state index contributed by atoms with van der Waals surface area (Å²) in [7, 11) is 0. The van der Waals surface area contributed by atoms with Crippen molar-refractivity contribution in [1.29, 1.82) is 0 Å². The van der Waals surface area contributed by atoms with Gasteiger partial charge in [0.25, 0.3) is 5.56 Å². The third kappa shape index (κ3) is 2.77. The van der Waals surface area contributed by atoms with Crippen molar-refractivity contribution in [3.63, 3.8) is 0 Å². The average molecular weight is 295 g/mol. The van der Waals surface area contributed by atoms with Crippen LogP contribution in [0.1, 0.15) is 19.8 Å². The van der Waals surface area contributed by atoms with E-state index >= 15 is 0 Å². The van der Waals surface area contributed by atoms with Gasteiger partial charge >= 0.3 is 5.69 Å². The zero-order chi connectivity index (χ0) is 14.7. The topological polar surface area (TPSA) is 64.2 Å². The lowest BCUT2D eigenvalue weighted by atomic mass is 10.3. The summed E-state index contributed by atoms with van der Waals surface area (Å²) in [6.45, 7) is 2.35. The number of rotatable bonds is 4. The van der Waals surface area contributed by atoms with Crippen LogP contribution in [0, 0.1) is 0 Å². The van der Waals surface area contributed by atoms with Crippen LogP contribution in [0.4, 0.5) is 0 Å². The number of nitrogens with zero attached hydrogens (tertiary/aromatic N) is 2. The van der Waals surface area contributed by atoms with Gasteiger partial charge in [0.15, 0.2) is 0 Å². The molecular weight excluding hydrogens is 280 g/mol. The number of benzene rings is 1. The second-order valence-electron chi connectivity index (χ2n) is 4.44. The molecule has 0 saturated carbocycles. The first-order valence-corrected chi connectivity index (χ1v) is 6.74. The molecule has 0 amide bonds. The Morgan fingerprint density at radius 1 is 1.20 bits per heavy atom. The number of hydrogen-bond donors (Lipinski definition) is 1. The van der Waals surface area contributed by atoms with E-state index in [4.69, 9.17) is 11.6 Å². The SMILES string of the molecule is CCCCn1c(O)cc(=O)n(-c2ccc(Cl)cc2)c1=O. The molecule has 0 aliphatic heterocycles. The van der Waals surface area contributed by atoms with Crippen molar-refractivity contribution >= 4 is 11.6 Å². The van der Waals surface area contributed by atoms with Crippen LogP contribution in [0.15, 0.2) is 39.9 Å². The van der Waals surface area contributed by atoms with Crippen LogP contribution in [0.25, 0.3) is 5.69 Å². The summed E-state index contributed by atoms with van der Waals surface area (Å²) in [5.41, 5.74) is -0.692. The molecule has 0 saturated heterocycles. The highest BCUT2D eigenvalue weighted by Gasteiger charge is 2.11. The molecule has 1 heterocycles. The monoisotopic (exact) mass is 294 g/mol. The van der Waals surface area contributed by atoms with E-state index in [1.807, 2.05) is 6.92 Å². The van der Waals surface area contributed by atoms with E-state index in [9.17, 15) is 14.7 Å². The summed E-state index contributed by atoms with van der Waals surface area (Å²) in [6.07, 6.45) is 1.62. The van der Waals surface area contributed by atoms with Crippen LogP contribution in [0.3, 0.4) is 0 Å². The Bertz CT molecular complexity index is 717. The molecule has 2 rings (SSSR count). The Balaban J connectivity index is 2.61. The van der Waals surface area contributed by atoms with Crippen LogP contribution >= 0.6 is 11.6 Å². The highest BCUT2D eigenvalue weighted by Crippen LogP contribution is 2.12. The molecule has 1 aromatic carbocycles. The van der Waals surface area contributed by atoms with Crippen LogP contribution in [-0.2, 0) is 6.54 Å². The summed E-state index contributed by atoms with van der Waals surface area (Å²) in [5, 5.41) is 10.3. The summed E-state index contributed by atoms with van der Waals surface area (Å²) in [6, 6.07) is 7.43. The first kappa shape index (κ1) is 14.4. The minimum Gasteiger partial charge on any atom is -0.494 e. The van der Waals surface area contributed by atoms with E-state index in [1.54, 1.807) is 24.3 Å². The summed E-state index contributed by atoms with van der Waals surface area (Å²) >= 11 is 5.79. The minimum absolute atomic E-state index is 0.307. The maximum Gasteiger partial charge on any atom is 0.338 e. The summed E-state index contributed by atoms with van der Waals surface area (Å²) < 4.78 is 2.21. The van der Waals surface area contributed by atoms with E-state index in [0.717, 1.165) is 23.5 Å². The molecule has 0 radical (unpaired) electrons. The largest absolute Gasteiger partial charge is 0.494 e. The van der Waals surface area contributed by atoms with Gasteiger partial charge in [0.1, 0.15) is 0 Å². The molecule has 20 heavy (non-hydrogen) atoms. The van der Waals surface area contributed by atoms with Crippen molar-refractivity contribution < 1.29 is 5.11 Å². The van der Waals surface area contributed by atoms with Crippen molar-refractivity contribution in [2.24, 2.45) is 0 Å². The lowest BCUT2D eigenvalue weighted by Crippen LogP contribution is -2.38. The lowest BCUT2D eigenvalue weighted by Gasteiger charge is -2.11. The predicted molar refractivity (Wildman–Crippen MR) is 77.9 cm³/mol.